The molecule has 42 heavy (non-hydrogen) atoms. The summed E-state index contributed by atoms with van der Waals surface area (Å²) >= 11 is 2.20. The van der Waals surface area contributed by atoms with Crippen LogP contribution in [0.4, 0.5) is 0 Å². The van der Waals surface area contributed by atoms with E-state index >= 15 is 0 Å². The summed E-state index contributed by atoms with van der Waals surface area (Å²) < 4.78 is 11.6. The van der Waals surface area contributed by atoms with Crippen molar-refractivity contribution in [1.82, 2.24) is 0 Å². The second kappa shape index (κ2) is 34.6. The molecule has 0 aliphatic rings. The van der Waals surface area contributed by atoms with Crippen LogP contribution in [0.5, 0.6) is 0 Å². The van der Waals surface area contributed by atoms with Crippen LogP contribution in [0.1, 0.15) is 181 Å². The summed E-state index contributed by atoms with van der Waals surface area (Å²) in [5.41, 5.74) is 0. The molecule has 0 saturated carbocycles. The molecule has 0 unspecified atom stereocenters. The third kappa shape index (κ3) is 32.1. The monoisotopic (exact) mass is 702 g/mol. The van der Waals surface area contributed by atoms with Crippen molar-refractivity contribution in [3.8, 4) is 0 Å². The maximum absolute atomic E-state index is 12.2. The fourth-order valence-corrected chi connectivity index (χ4v) is 5.41. The van der Waals surface area contributed by atoms with Gasteiger partial charge in [0.2, 0.25) is 0 Å². The van der Waals surface area contributed by atoms with Crippen molar-refractivity contribution in [2.45, 2.75) is 187 Å². The minimum absolute atomic E-state index is 0.162. The van der Waals surface area contributed by atoms with Gasteiger partial charge in [-0.05, 0) is 44.9 Å². The number of allylic oxidation sites excluding steroid dienone is 4. The van der Waals surface area contributed by atoms with Crippen molar-refractivity contribution in [1.29, 1.82) is 0 Å². The molecule has 0 bridgehead atoms. The van der Waals surface area contributed by atoms with Crippen LogP contribution in [-0.4, -0.2) is 29.1 Å². The largest absolute Gasteiger partial charge is 0.462 e. The Bertz CT molecular complexity index is 646. The molecule has 0 aromatic carbocycles. The smallest absolute Gasteiger partial charge is 0.306 e. The minimum Gasteiger partial charge on any atom is -0.462 e. The Kier molecular flexibility index (Phi) is 33.9. The van der Waals surface area contributed by atoms with Crippen molar-refractivity contribution in [3.05, 3.63) is 24.3 Å². The number of alkyl halides is 1. The van der Waals surface area contributed by atoms with Crippen molar-refractivity contribution >= 4 is 34.5 Å². The molecule has 5 heteroatoms. The average molecular weight is 703 g/mol. The summed E-state index contributed by atoms with van der Waals surface area (Å²) in [6.07, 6.45) is 39.3. The van der Waals surface area contributed by atoms with Crippen LogP contribution in [0.3, 0.4) is 0 Å². The topological polar surface area (TPSA) is 52.6 Å². The number of unbranched alkanes of at least 4 members (excludes halogenated alkanes) is 20. The van der Waals surface area contributed by atoms with Gasteiger partial charge in [-0.25, -0.2) is 0 Å². The second-order valence-corrected chi connectivity index (χ2v) is 12.8. The zero-order valence-electron chi connectivity index (χ0n) is 27.7. The lowest BCUT2D eigenvalue weighted by molar-refractivity contribution is -0.157. The molecule has 0 aliphatic carbocycles. The van der Waals surface area contributed by atoms with Gasteiger partial charge in [-0.1, -0.05) is 170 Å². The highest BCUT2D eigenvalue weighted by Crippen LogP contribution is 2.14. The molecule has 0 saturated heterocycles. The Balaban J connectivity index is 3.58. The molecule has 0 aliphatic heterocycles. The molecule has 0 amide bonds. The van der Waals surface area contributed by atoms with Gasteiger partial charge in [0.1, 0.15) is 12.7 Å². The molecule has 0 fully saturated rings. The molecule has 0 N–H and O–H groups in total. The number of halogens is 1. The van der Waals surface area contributed by atoms with Crippen molar-refractivity contribution in [3.63, 3.8) is 0 Å². The lowest BCUT2D eigenvalue weighted by Crippen LogP contribution is -2.26. The standard InChI is InChI=1S/C37H67IO4/c1-3-5-7-9-11-13-15-17-18-20-21-23-25-27-29-31-36(39)41-34-35(33-38)42-37(40)32-30-28-26-24-22-19-16-14-12-10-8-6-4-2/h11,13,17-18,35H,3-10,12,14-16,19-34H2,1-2H3/b13-11-,18-17-/t35-/m1/s1. The molecule has 0 spiro atoms. The summed E-state index contributed by atoms with van der Waals surface area (Å²) in [5.74, 6) is -0.340. The molecule has 0 heterocycles. The number of rotatable bonds is 32. The van der Waals surface area contributed by atoms with E-state index in [1.165, 1.54) is 109 Å². The van der Waals surface area contributed by atoms with Crippen LogP contribution in [0.2, 0.25) is 0 Å². The van der Waals surface area contributed by atoms with Gasteiger partial charge in [0.15, 0.2) is 0 Å². The lowest BCUT2D eigenvalue weighted by atomic mass is 10.0. The Hall–Kier alpha value is -0.850. The first-order valence-electron chi connectivity index (χ1n) is 17.8. The highest BCUT2D eigenvalue weighted by molar-refractivity contribution is 14.1. The quantitative estimate of drug-likeness (QED) is 0.0230. The van der Waals surface area contributed by atoms with E-state index in [0.29, 0.717) is 17.3 Å². The summed E-state index contributed by atoms with van der Waals surface area (Å²) in [7, 11) is 0. The van der Waals surface area contributed by atoms with Crippen LogP contribution in [0.25, 0.3) is 0 Å². The van der Waals surface area contributed by atoms with Crippen LogP contribution in [0, 0.1) is 0 Å². The molecule has 0 aromatic heterocycles. The van der Waals surface area contributed by atoms with E-state index in [0.717, 1.165) is 44.9 Å². The SMILES string of the molecule is CCCCC/C=C\C/C=C\CCCCCCCC(=O)OC[C@@H](CI)OC(=O)CCCCCCCCCCCCCCC. The second-order valence-electron chi connectivity index (χ2n) is 11.9. The van der Waals surface area contributed by atoms with Gasteiger partial charge in [0, 0.05) is 17.3 Å². The highest BCUT2D eigenvalue weighted by Gasteiger charge is 2.15. The van der Waals surface area contributed by atoms with Crippen molar-refractivity contribution in [2.24, 2.45) is 0 Å². The van der Waals surface area contributed by atoms with Crippen LogP contribution in [0.15, 0.2) is 24.3 Å². The van der Waals surface area contributed by atoms with Crippen molar-refractivity contribution < 1.29 is 19.1 Å². The van der Waals surface area contributed by atoms with E-state index < -0.39 is 0 Å². The van der Waals surface area contributed by atoms with E-state index in [1.54, 1.807) is 0 Å². The van der Waals surface area contributed by atoms with Gasteiger partial charge >= 0.3 is 11.9 Å². The molecular formula is C37H67IO4. The lowest BCUT2D eigenvalue weighted by Gasteiger charge is -2.15. The van der Waals surface area contributed by atoms with E-state index in [-0.39, 0.29) is 24.6 Å². The Morgan fingerprint density at radius 3 is 1.45 bits per heavy atom. The van der Waals surface area contributed by atoms with Crippen LogP contribution >= 0.6 is 22.6 Å². The zero-order chi connectivity index (χ0) is 30.8. The number of hydrogen-bond donors (Lipinski definition) is 0. The van der Waals surface area contributed by atoms with Gasteiger partial charge in [-0.15, -0.1) is 0 Å². The average Bonchev–Trinajstić information content (AvgIpc) is 2.99. The first kappa shape index (κ1) is 41.1. The zero-order valence-corrected chi connectivity index (χ0v) is 29.9. The predicted octanol–water partition coefficient (Wildman–Crippen LogP) is 12.2. The minimum atomic E-state index is -0.339. The molecule has 246 valence electrons. The third-order valence-electron chi connectivity index (χ3n) is 7.72. The molecule has 0 radical (unpaired) electrons. The number of hydrogen-bond acceptors (Lipinski definition) is 4. The summed E-state index contributed by atoms with van der Waals surface area (Å²) in [5, 5.41) is 0. The molecule has 0 aromatic rings. The summed E-state index contributed by atoms with van der Waals surface area (Å²) in [6.45, 7) is 4.68. The van der Waals surface area contributed by atoms with Gasteiger partial charge in [0.05, 0.1) is 0 Å². The van der Waals surface area contributed by atoms with E-state index in [1.807, 2.05) is 0 Å². The molecular weight excluding hydrogens is 635 g/mol. The van der Waals surface area contributed by atoms with E-state index in [4.69, 9.17) is 9.47 Å². The van der Waals surface area contributed by atoms with E-state index in [9.17, 15) is 9.59 Å². The van der Waals surface area contributed by atoms with Gasteiger partial charge in [-0.3, -0.25) is 9.59 Å². The summed E-state index contributed by atoms with van der Waals surface area (Å²) in [4.78, 5) is 24.3. The number of esters is 2. The third-order valence-corrected chi connectivity index (χ3v) is 8.70. The number of ether oxygens (including phenoxy) is 2. The Morgan fingerprint density at radius 1 is 0.548 bits per heavy atom. The van der Waals surface area contributed by atoms with Crippen molar-refractivity contribution in [2.75, 3.05) is 11.0 Å². The molecule has 4 nitrogen and oxygen atoms in total. The maximum atomic E-state index is 12.2. The molecule has 0 rings (SSSR count). The van der Waals surface area contributed by atoms with Gasteiger partial charge in [-0.2, -0.15) is 0 Å². The highest BCUT2D eigenvalue weighted by atomic mass is 127. The van der Waals surface area contributed by atoms with Crippen LogP contribution < -0.4 is 0 Å². The first-order valence-corrected chi connectivity index (χ1v) is 19.4. The number of carbonyl (C=O) groups excluding carboxylic acids is 2. The fourth-order valence-electron chi connectivity index (χ4n) is 4.98. The first-order chi connectivity index (χ1) is 20.6. The fraction of sp³-hybridized carbons (Fsp3) is 0.838. The number of carbonyl (C=O) groups is 2. The maximum Gasteiger partial charge on any atom is 0.306 e. The summed E-state index contributed by atoms with van der Waals surface area (Å²) in [6, 6.07) is 0. The Morgan fingerprint density at radius 2 is 0.952 bits per heavy atom. The van der Waals surface area contributed by atoms with E-state index in [2.05, 4.69) is 60.7 Å². The predicted molar refractivity (Wildman–Crippen MR) is 189 cm³/mol. The molecule has 1 atom stereocenters. The normalized spacial score (nSPS) is 12.4. The van der Waals surface area contributed by atoms with Gasteiger partial charge < -0.3 is 9.47 Å². The van der Waals surface area contributed by atoms with Gasteiger partial charge in [0.25, 0.3) is 0 Å². The Labute approximate surface area is 274 Å². The van der Waals surface area contributed by atoms with Crippen LogP contribution in [-0.2, 0) is 19.1 Å².